The Hall–Kier alpha value is -1.51. The van der Waals surface area contributed by atoms with Crippen LogP contribution in [0.4, 0.5) is 10.1 Å². The lowest BCUT2D eigenvalue weighted by atomic mass is 10.3. The zero-order valence-corrected chi connectivity index (χ0v) is 6.50. The lowest BCUT2D eigenvalue weighted by molar-refractivity contribution is 0.477. The van der Waals surface area contributed by atoms with Gasteiger partial charge in [-0.05, 0) is 18.2 Å². The summed E-state index contributed by atoms with van der Waals surface area (Å²) in [6.07, 6.45) is 1.79. The summed E-state index contributed by atoms with van der Waals surface area (Å²) in [5.41, 5.74) is 0.607. The largest absolute Gasteiger partial charge is 0.506 e. The van der Waals surface area contributed by atoms with Crippen molar-refractivity contribution in [1.82, 2.24) is 0 Å². The van der Waals surface area contributed by atoms with Gasteiger partial charge in [-0.25, -0.2) is 4.39 Å². The third-order valence-electron chi connectivity index (χ3n) is 1.40. The van der Waals surface area contributed by atoms with Gasteiger partial charge in [-0.15, -0.1) is 0 Å². The van der Waals surface area contributed by atoms with Crippen molar-refractivity contribution in [1.29, 1.82) is 0 Å². The lowest BCUT2D eigenvalue weighted by Gasteiger charge is -2.04. The van der Waals surface area contributed by atoms with Gasteiger partial charge in [0.25, 0.3) is 0 Å². The monoisotopic (exact) mass is 167 g/mol. The van der Waals surface area contributed by atoms with E-state index in [1.54, 1.807) is 24.3 Å². The second-order valence-electron chi connectivity index (χ2n) is 2.26. The van der Waals surface area contributed by atoms with Crippen LogP contribution in [0.15, 0.2) is 36.7 Å². The van der Waals surface area contributed by atoms with Crippen molar-refractivity contribution >= 4 is 5.69 Å². The molecule has 12 heavy (non-hydrogen) atoms. The van der Waals surface area contributed by atoms with E-state index in [2.05, 4.69) is 5.32 Å². The van der Waals surface area contributed by atoms with E-state index in [-0.39, 0.29) is 5.75 Å². The standard InChI is InChI=1S/C9H10FNO/c10-6-3-7-11-8-4-1-2-5-9(8)12/h1-6,11-12H,7H2. The molecule has 1 rings (SSSR count). The molecule has 64 valence electrons. The number of hydrogen-bond donors (Lipinski definition) is 2. The van der Waals surface area contributed by atoms with Crippen molar-refractivity contribution in [3.05, 3.63) is 36.7 Å². The van der Waals surface area contributed by atoms with Crippen LogP contribution in [-0.4, -0.2) is 11.7 Å². The molecule has 0 aromatic heterocycles. The van der Waals surface area contributed by atoms with Crippen LogP contribution in [0.3, 0.4) is 0 Å². The highest BCUT2D eigenvalue weighted by Gasteiger charge is 1.94. The summed E-state index contributed by atoms with van der Waals surface area (Å²) in [6.45, 7) is 0.369. The van der Waals surface area contributed by atoms with Crippen LogP contribution in [0.1, 0.15) is 0 Å². The van der Waals surface area contributed by atoms with Gasteiger partial charge >= 0.3 is 0 Å². The van der Waals surface area contributed by atoms with Crippen LogP contribution in [0.5, 0.6) is 5.75 Å². The Morgan fingerprint density at radius 3 is 2.83 bits per heavy atom. The molecule has 0 aliphatic rings. The Bertz CT molecular complexity index is 273. The molecule has 1 aromatic rings. The molecule has 2 nitrogen and oxygen atoms in total. The van der Waals surface area contributed by atoms with Crippen molar-refractivity contribution < 1.29 is 9.50 Å². The van der Waals surface area contributed by atoms with Gasteiger partial charge in [-0.2, -0.15) is 0 Å². The number of nitrogens with one attached hydrogen (secondary N) is 1. The molecule has 3 heteroatoms. The molecular formula is C9H10FNO. The number of phenols is 1. The Morgan fingerprint density at radius 1 is 1.42 bits per heavy atom. The van der Waals surface area contributed by atoms with Crippen molar-refractivity contribution in [3.63, 3.8) is 0 Å². The predicted molar refractivity (Wildman–Crippen MR) is 46.8 cm³/mol. The fourth-order valence-electron chi connectivity index (χ4n) is 0.837. The molecule has 0 aliphatic carbocycles. The average Bonchev–Trinajstić information content (AvgIpc) is 2.09. The van der Waals surface area contributed by atoms with Crippen LogP contribution < -0.4 is 5.32 Å². The van der Waals surface area contributed by atoms with E-state index in [0.29, 0.717) is 18.6 Å². The van der Waals surface area contributed by atoms with E-state index in [0.717, 1.165) is 0 Å². The van der Waals surface area contributed by atoms with E-state index in [4.69, 9.17) is 0 Å². The van der Waals surface area contributed by atoms with Crippen molar-refractivity contribution in [3.8, 4) is 5.75 Å². The third-order valence-corrected chi connectivity index (χ3v) is 1.40. The maximum absolute atomic E-state index is 11.5. The number of hydrogen-bond acceptors (Lipinski definition) is 2. The molecule has 0 unspecified atom stereocenters. The summed E-state index contributed by atoms with van der Waals surface area (Å²) >= 11 is 0. The maximum Gasteiger partial charge on any atom is 0.138 e. The highest BCUT2D eigenvalue weighted by molar-refractivity contribution is 5.55. The zero-order valence-electron chi connectivity index (χ0n) is 6.50. The summed E-state index contributed by atoms with van der Waals surface area (Å²) in [5.74, 6) is 0.171. The van der Waals surface area contributed by atoms with Crippen LogP contribution in [0.2, 0.25) is 0 Å². The number of anilines is 1. The summed E-state index contributed by atoms with van der Waals surface area (Å²) in [7, 11) is 0. The molecule has 0 bridgehead atoms. The van der Waals surface area contributed by atoms with Gasteiger partial charge in [-0.3, -0.25) is 0 Å². The fourth-order valence-corrected chi connectivity index (χ4v) is 0.837. The minimum absolute atomic E-state index is 0.171. The Morgan fingerprint density at radius 2 is 2.17 bits per heavy atom. The van der Waals surface area contributed by atoms with Crippen LogP contribution in [-0.2, 0) is 0 Å². The smallest absolute Gasteiger partial charge is 0.138 e. The summed E-state index contributed by atoms with van der Waals surface area (Å²) in [4.78, 5) is 0. The Balaban J connectivity index is 2.57. The number of halogens is 1. The van der Waals surface area contributed by atoms with Gasteiger partial charge in [0.2, 0.25) is 0 Å². The number of aromatic hydroxyl groups is 1. The first-order valence-electron chi connectivity index (χ1n) is 3.61. The topological polar surface area (TPSA) is 32.3 Å². The second kappa shape index (κ2) is 4.38. The highest BCUT2D eigenvalue weighted by atomic mass is 19.1. The van der Waals surface area contributed by atoms with E-state index in [1.807, 2.05) is 0 Å². The van der Waals surface area contributed by atoms with Crippen molar-refractivity contribution in [2.75, 3.05) is 11.9 Å². The minimum Gasteiger partial charge on any atom is -0.506 e. The van der Waals surface area contributed by atoms with Crippen molar-refractivity contribution in [2.45, 2.75) is 0 Å². The lowest BCUT2D eigenvalue weighted by Crippen LogP contribution is -1.97. The van der Waals surface area contributed by atoms with E-state index in [9.17, 15) is 9.50 Å². The predicted octanol–water partition coefficient (Wildman–Crippen LogP) is 2.29. The first-order chi connectivity index (χ1) is 5.84. The molecule has 0 radical (unpaired) electrons. The highest BCUT2D eigenvalue weighted by Crippen LogP contribution is 2.20. The molecule has 0 saturated heterocycles. The summed E-state index contributed by atoms with van der Waals surface area (Å²) in [6, 6.07) is 6.82. The molecule has 0 fully saturated rings. The zero-order chi connectivity index (χ0) is 8.81. The molecular weight excluding hydrogens is 157 g/mol. The number of phenolic OH excluding ortho intramolecular Hbond substituents is 1. The SMILES string of the molecule is Oc1ccccc1NCC=CF. The average molecular weight is 167 g/mol. The maximum atomic E-state index is 11.5. The summed E-state index contributed by atoms with van der Waals surface area (Å²) < 4.78 is 11.5. The normalized spacial score (nSPS) is 10.4. The van der Waals surface area contributed by atoms with E-state index >= 15 is 0 Å². The van der Waals surface area contributed by atoms with Gasteiger partial charge < -0.3 is 10.4 Å². The molecule has 0 spiro atoms. The van der Waals surface area contributed by atoms with Gasteiger partial charge in [0, 0.05) is 6.54 Å². The number of rotatable bonds is 3. The van der Waals surface area contributed by atoms with Crippen LogP contribution in [0, 0.1) is 0 Å². The molecule has 0 saturated carbocycles. The fraction of sp³-hybridized carbons (Fsp3) is 0.111. The van der Waals surface area contributed by atoms with Crippen LogP contribution in [0.25, 0.3) is 0 Å². The number of para-hydroxylation sites is 2. The van der Waals surface area contributed by atoms with Gasteiger partial charge in [0.05, 0.1) is 12.0 Å². The Labute approximate surface area is 70.3 Å². The first kappa shape index (κ1) is 8.59. The first-order valence-corrected chi connectivity index (χ1v) is 3.61. The van der Waals surface area contributed by atoms with E-state index < -0.39 is 0 Å². The van der Waals surface area contributed by atoms with Gasteiger partial charge in [-0.1, -0.05) is 12.1 Å². The Kier molecular flexibility index (Phi) is 3.14. The van der Waals surface area contributed by atoms with Gasteiger partial charge in [0.15, 0.2) is 0 Å². The third kappa shape index (κ3) is 2.27. The molecule has 0 aliphatic heterocycles. The molecule has 0 heterocycles. The van der Waals surface area contributed by atoms with Crippen molar-refractivity contribution in [2.24, 2.45) is 0 Å². The minimum atomic E-state index is 0.171. The second-order valence-corrected chi connectivity index (χ2v) is 2.26. The quantitative estimate of drug-likeness (QED) is 0.677. The molecule has 0 amide bonds. The molecule has 2 N–H and O–H groups in total. The van der Waals surface area contributed by atoms with Gasteiger partial charge in [0.1, 0.15) is 5.75 Å². The number of benzene rings is 1. The van der Waals surface area contributed by atoms with E-state index in [1.165, 1.54) is 6.08 Å². The van der Waals surface area contributed by atoms with Crippen LogP contribution >= 0.6 is 0 Å². The molecule has 1 aromatic carbocycles. The summed E-state index contributed by atoms with van der Waals surface area (Å²) in [5, 5.41) is 12.1. The molecule has 0 atom stereocenters.